The van der Waals surface area contributed by atoms with Crippen LogP contribution in [0.25, 0.3) is 6.08 Å². The Kier molecular flexibility index (Phi) is 8.57. The number of ether oxygens (including phenoxy) is 2. The van der Waals surface area contributed by atoms with Crippen molar-refractivity contribution < 1.29 is 19.1 Å². The van der Waals surface area contributed by atoms with Gasteiger partial charge >= 0.3 is 5.97 Å². The van der Waals surface area contributed by atoms with Gasteiger partial charge in [-0.05, 0) is 24.3 Å². The maximum absolute atomic E-state index is 11.9. The molecular weight excluding hydrogens is 374 g/mol. The van der Waals surface area contributed by atoms with Gasteiger partial charge in [0.05, 0.1) is 7.11 Å². The van der Waals surface area contributed by atoms with Crippen LogP contribution in [0, 0.1) is 0 Å². The third-order valence-electron chi connectivity index (χ3n) is 2.98. The molecular formula is C18H20BrNO4. The Hall–Kier alpha value is -2.34. The molecule has 0 aliphatic heterocycles. The molecule has 0 atom stereocenters. The van der Waals surface area contributed by atoms with E-state index in [2.05, 4.69) is 29.1 Å². The molecule has 0 spiro atoms. The highest BCUT2D eigenvalue weighted by atomic mass is 79.9. The number of carbonyl (C=O) groups excluding carboxylic acids is 2. The molecule has 1 amide bonds. The Bertz CT molecular complexity index is 630. The van der Waals surface area contributed by atoms with Gasteiger partial charge in [-0.3, -0.25) is 4.79 Å². The van der Waals surface area contributed by atoms with Crippen molar-refractivity contribution in [3.05, 3.63) is 59.6 Å². The minimum atomic E-state index is -0.609. The van der Waals surface area contributed by atoms with Gasteiger partial charge in [-0.1, -0.05) is 28.1 Å². The monoisotopic (exact) mass is 393 g/mol. The van der Waals surface area contributed by atoms with E-state index < -0.39 is 5.97 Å². The van der Waals surface area contributed by atoms with E-state index in [0.29, 0.717) is 18.8 Å². The second kappa shape index (κ2) is 10.4. The Morgan fingerprint density at radius 2 is 1.92 bits per heavy atom. The highest BCUT2D eigenvalue weighted by Crippen LogP contribution is 2.24. The highest BCUT2D eigenvalue weighted by Gasteiger charge is 2.12. The third kappa shape index (κ3) is 6.42. The van der Waals surface area contributed by atoms with Gasteiger partial charge in [0.2, 0.25) is 0 Å². The molecule has 0 aliphatic carbocycles. The fourth-order valence-electron chi connectivity index (χ4n) is 1.86. The predicted molar refractivity (Wildman–Crippen MR) is 97.7 cm³/mol. The summed E-state index contributed by atoms with van der Waals surface area (Å²) in [5.41, 5.74) is 0.718. The molecule has 0 fully saturated rings. The van der Waals surface area contributed by atoms with Crippen LogP contribution in [0.5, 0.6) is 5.75 Å². The second-order valence-corrected chi connectivity index (χ2v) is 5.62. The largest absolute Gasteiger partial charge is 0.496 e. The van der Waals surface area contributed by atoms with Crippen molar-refractivity contribution >= 4 is 33.9 Å². The minimum Gasteiger partial charge on any atom is -0.496 e. The smallest absolute Gasteiger partial charge is 0.331 e. The number of halogens is 1. The third-order valence-corrected chi connectivity index (χ3v) is 3.47. The lowest BCUT2D eigenvalue weighted by Gasteiger charge is -2.18. The Morgan fingerprint density at radius 1 is 1.25 bits per heavy atom. The van der Waals surface area contributed by atoms with E-state index in [9.17, 15) is 9.59 Å². The van der Waals surface area contributed by atoms with Crippen LogP contribution in [0.15, 0.2) is 54.1 Å². The molecule has 0 saturated carbocycles. The fraction of sp³-hybridized carbons (Fsp3) is 0.222. The first-order chi connectivity index (χ1) is 11.5. The molecule has 5 nitrogen and oxygen atoms in total. The maximum Gasteiger partial charge on any atom is 0.331 e. The first kappa shape index (κ1) is 19.7. The van der Waals surface area contributed by atoms with E-state index >= 15 is 0 Å². The minimum absolute atomic E-state index is 0.309. The van der Waals surface area contributed by atoms with E-state index in [1.165, 1.54) is 11.0 Å². The van der Waals surface area contributed by atoms with Gasteiger partial charge in [-0.2, -0.15) is 0 Å². The molecule has 0 saturated heterocycles. The van der Waals surface area contributed by atoms with Gasteiger partial charge in [0.25, 0.3) is 5.91 Å². The average molecular weight is 394 g/mol. The molecule has 0 heterocycles. The molecule has 1 rings (SSSR count). The molecule has 128 valence electrons. The normalized spacial score (nSPS) is 10.2. The topological polar surface area (TPSA) is 55.8 Å². The van der Waals surface area contributed by atoms with Crippen LogP contribution in [0.2, 0.25) is 0 Å². The first-order valence-corrected chi connectivity index (χ1v) is 7.99. The molecule has 24 heavy (non-hydrogen) atoms. The van der Waals surface area contributed by atoms with Crippen molar-refractivity contribution in [3.8, 4) is 5.75 Å². The summed E-state index contributed by atoms with van der Waals surface area (Å²) in [6.07, 6.45) is 6.02. The Balaban J connectivity index is 2.63. The number of rotatable bonds is 9. The summed E-state index contributed by atoms with van der Waals surface area (Å²) in [5, 5.41) is 0. The number of hydrogen-bond acceptors (Lipinski definition) is 4. The summed E-state index contributed by atoms with van der Waals surface area (Å²) >= 11 is 3.36. The van der Waals surface area contributed by atoms with Crippen LogP contribution >= 0.6 is 15.9 Å². The van der Waals surface area contributed by atoms with Gasteiger partial charge < -0.3 is 14.4 Å². The first-order valence-electron chi connectivity index (χ1n) is 7.19. The van der Waals surface area contributed by atoms with Crippen LogP contribution in [0.3, 0.4) is 0 Å². The number of esters is 1. The number of nitrogens with zero attached hydrogens (tertiary/aromatic N) is 1. The number of benzene rings is 1. The quantitative estimate of drug-likeness (QED) is 0.367. The van der Waals surface area contributed by atoms with Crippen molar-refractivity contribution in [2.45, 2.75) is 0 Å². The van der Waals surface area contributed by atoms with Gasteiger partial charge in [0, 0.05) is 29.2 Å². The van der Waals surface area contributed by atoms with Crippen molar-refractivity contribution in [1.29, 1.82) is 0 Å². The summed E-state index contributed by atoms with van der Waals surface area (Å²) in [6, 6.07) is 5.42. The van der Waals surface area contributed by atoms with Gasteiger partial charge in [-0.15, -0.1) is 13.2 Å². The van der Waals surface area contributed by atoms with Gasteiger partial charge in [0.15, 0.2) is 6.61 Å². The molecule has 0 unspecified atom stereocenters. The van der Waals surface area contributed by atoms with E-state index in [1.54, 1.807) is 31.4 Å². The van der Waals surface area contributed by atoms with Crippen molar-refractivity contribution in [2.75, 3.05) is 26.8 Å². The lowest BCUT2D eigenvalue weighted by atomic mass is 10.2. The van der Waals surface area contributed by atoms with Crippen LogP contribution < -0.4 is 4.74 Å². The number of hydrogen-bond donors (Lipinski definition) is 0. The standard InChI is InChI=1S/C18H20BrNO4/c1-4-10-20(11-5-2)17(21)13-24-18(22)9-6-14-12-15(19)7-8-16(14)23-3/h4-9,12H,1-2,10-11,13H2,3H3/b9-6+. The van der Waals surface area contributed by atoms with E-state index in [0.717, 1.165) is 10.0 Å². The number of carbonyl (C=O) groups is 2. The summed E-state index contributed by atoms with van der Waals surface area (Å²) in [5.74, 6) is -0.291. The lowest BCUT2D eigenvalue weighted by Crippen LogP contribution is -2.34. The summed E-state index contributed by atoms with van der Waals surface area (Å²) in [6.45, 7) is 7.57. The average Bonchev–Trinajstić information content (AvgIpc) is 2.57. The zero-order valence-corrected chi connectivity index (χ0v) is 15.1. The van der Waals surface area contributed by atoms with Gasteiger partial charge in [-0.25, -0.2) is 4.79 Å². The van der Waals surface area contributed by atoms with Crippen molar-refractivity contribution in [2.24, 2.45) is 0 Å². The summed E-state index contributed by atoms with van der Waals surface area (Å²) in [4.78, 5) is 25.2. The molecule has 0 aliphatic rings. The van der Waals surface area contributed by atoms with Crippen LogP contribution in [0.4, 0.5) is 0 Å². The zero-order chi connectivity index (χ0) is 17.9. The SMILES string of the molecule is C=CCN(CC=C)C(=O)COC(=O)/C=C/c1cc(Br)ccc1OC. The molecule has 1 aromatic carbocycles. The molecule has 0 N–H and O–H groups in total. The molecule has 0 bridgehead atoms. The molecule has 0 radical (unpaired) electrons. The van der Waals surface area contributed by atoms with E-state index in [1.807, 2.05) is 12.1 Å². The second-order valence-electron chi connectivity index (χ2n) is 4.70. The highest BCUT2D eigenvalue weighted by molar-refractivity contribution is 9.10. The fourth-order valence-corrected chi connectivity index (χ4v) is 2.23. The molecule has 1 aromatic rings. The number of methoxy groups -OCH3 is 1. The summed E-state index contributed by atoms with van der Waals surface area (Å²) < 4.78 is 11.0. The van der Waals surface area contributed by atoms with Gasteiger partial charge in [0.1, 0.15) is 5.75 Å². The van der Waals surface area contributed by atoms with Crippen molar-refractivity contribution in [1.82, 2.24) is 4.90 Å². The van der Waals surface area contributed by atoms with Crippen LogP contribution in [-0.4, -0.2) is 43.6 Å². The van der Waals surface area contributed by atoms with E-state index in [4.69, 9.17) is 9.47 Å². The van der Waals surface area contributed by atoms with Crippen molar-refractivity contribution in [3.63, 3.8) is 0 Å². The number of amides is 1. The maximum atomic E-state index is 11.9. The zero-order valence-electron chi connectivity index (χ0n) is 13.5. The Labute approximate surface area is 150 Å². The van der Waals surface area contributed by atoms with E-state index in [-0.39, 0.29) is 12.5 Å². The molecule has 0 aromatic heterocycles. The van der Waals surface area contributed by atoms with Crippen LogP contribution in [0.1, 0.15) is 5.56 Å². The predicted octanol–water partition coefficient (Wildman–Crippen LogP) is 3.21. The van der Waals surface area contributed by atoms with Crippen LogP contribution in [-0.2, 0) is 14.3 Å². The summed E-state index contributed by atoms with van der Waals surface area (Å²) in [7, 11) is 1.55. The Morgan fingerprint density at radius 3 is 2.50 bits per heavy atom. The lowest BCUT2D eigenvalue weighted by molar-refractivity contribution is -0.147. The molecule has 6 heteroatoms.